The van der Waals surface area contributed by atoms with Gasteiger partial charge in [0.2, 0.25) is 0 Å². The molecular weight excluding hydrogens is 308 g/mol. The van der Waals surface area contributed by atoms with Gasteiger partial charge in [-0.1, -0.05) is 57.1 Å². The van der Waals surface area contributed by atoms with Crippen molar-refractivity contribution >= 4 is 12.1 Å². The molecule has 5 heteroatoms. The van der Waals surface area contributed by atoms with Crippen LogP contribution in [-0.2, 0) is 9.53 Å². The highest BCUT2D eigenvalue weighted by atomic mass is 16.7. The van der Waals surface area contributed by atoms with Crippen LogP contribution in [0.25, 0.3) is 0 Å². The molecule has 0 heterocycles. The minimum atomic E-state index is -1.18. The molecule has 24 heavy (non-hydrogen) atoms. The number of ether oxygens (including phenoxy) is 1. The lowest BCUT2D eigenvalue weighted by Gasteiger charge is -2.01. The van der Waals surface area contributed by atoms with Crippen molar-refractivity contribution < 1.29 is 24.5 Å². The number of carboxylic acid groups (broad SMARTS) is 2. The van der Waals surface area contributed by atoms with Crippen LogP contribution in [0.5, 0.6) is 0 Å². The monoisotopic (exact) mass is 342 g/mol. The van der Waals surface area contributed by atoms with Crippen LogP contribution in [0.1, 0.15) is 89.9 Å². The third-order valence-corrected chi connectivity index (χ3v) is 3.92. The number of unbranched alkanes of at least 4 members (excludes halogenated alkanes) is 11. The van der Waals surface area contributed by atoms with E-state index in [-0.39, 0.29) is 0 Å². The van der Waals surface area contributed by atoms with Gasteiger partial charge in [0.25, 0.3) is 0 Å². The molecule has 0 amide bonds. The van der Waals surface area contributed by atoms with Gasteiger partial charge in [0.1, 0.15) is 0 Å². The van der Waals surface area contributed by atoms with Crippen molar-refractivity contribution in [2.24, 2.45) is 0 Å². The van der Waals surface area contributed by atoms with Crippen molar-refractivity contribution in [3.63, 3.8) is 0 Å². The first-order chi connectivity index (χ1) is 11.6. The summed E-state index contributed by atoms with van der Waals surface area (Å²) in [6, 6.07) is 0. The second kappa shape index (κ2) is 17.8. The normalized spacial score (nSPS) is 11.0. The van der Waals surface area contributed by atoms with Crippen LogP contribution in [0.2, 0.25) is 0 Å². The Bertz CT molecular complexity index is 339. The maximum atomic E-state index is 10.3. The molecule has 0 fully saturated rings. The fraction of sp³-hybridized carbons (Fsp3) is 0.789. The van der Waals surface area contributed by atoms with Crippen LogP contribution in [0.4, 0.5) is 4.79 Å². The molecular formula is C19H34O5. The predicted molar refractivity (Wildman–Crippen MR) is 95.4 cm³/mol. The van der Waals surface area contributed by atoms with Crippen LogP contribution in [-0.4, -0.2) is 28.9 Å². The molecule has 0 aromatic rings. The summed E-state index contributed by atoms with van der Waals surface area (Å²) in [6.45, 7) is 0.317. The number of hydrogen-bond acceptors (Lipinski definition) is 3. The highest BCUT2D eigenvalue weighted by Crippen LogP contribution is 2.10. The number of hydrogen-bond donors (Lipinski definition) is 2. The molecule has 0 aliphatic heterocycles. The predicted octanol–water partition coefficient (Wildman–Crippen LogP) is 5.78. The Morgan fingerprint density at radius 1 is 0.667 bits per heavy atom. The van der Waals surface area contributed by atoms with Gasteiger partial charge in [-0.15, -0.1) is 0 Å². The molecule has 0 aliphatic rings. The second-order valence-electron chi connectivity index (χ2n) is 6.20. The van der Waals surface area contributed by atoms with Gasteiger partial charge in [0.05, 0.1) is 6.61 Å². The summed E-state index contributed by atoms with van der Waals surface area (Å²) in [5.74, 6) is -0.690. The molecule has 0 aliphatic carbocycles. The molecule has 0 saturated carbocycles. The zero-order chi connectivity index (χ0) is 17.9. The summed E-state index contributed by atoms with van der Waals surface area (Å²) in [4.78, 5) is 20.5. The summed E-state index contributed by atoms with van der Waals surface area (Å²) in [5.41, 5.74) is 0. The fourth-order valence-corrected chi connectivity index (χ4v) is 2.54. The Balaban J connectivity index is 3.11. The molecule has 0 radical (unpaired) electrons. The first-order valence-corrected chi connectivity index (χ1v) is 9.35. The van der Waals surface area contributed by atoms with Crippen molar-refractivity contribution in [2.45, 2.75) is 89.9 Å². The quantitative estimate of drug-likeness (QED) is 0.199. The lowest BCUT2D eigenvalue weighted by molar-refractivity contribution is -0.137. The second-order valence-corrected chi connectivity index (χ2v) is 6.20. The third-order valence-electron chi connectivity index (χ3n) is 3.92. The Labute approximate surface area is 146 Å². The van der Waals surface area contributed by atoms with Crippen LogP contribution >= 0.6 is 0 Å². The molecule has 0 atom stereocenters. The Hall–Kier alpha value is -1.52. The minimum Gasteiger partial charge on any atom is -0.481 e. The molecule has 2 N–H and O–H groups in total. The first kappa shape index (κ1) is 22.5. The van der Waals surface area contributed by atoms with Gasteiger partial charge >= 0.3 is 12.1 Å². The Kier molecular flexibility index (Phi) is 16.7. The van der Waals surface area contributed by atoms with E-state index in [4.69, 9.17) is 10.2 Å². The van der Waals surface area contributed by atoms with Crippen molar-refractivity contribution in [2.75, 3.05) is 6.61 Å². The average Bonchev–Trinajstić information content (AvgIpc) is 2.53. The van der Waals surface area contributed by atoms with Crippen molar-refractivity contribution in [1.29, 1.82) is 0 Å². The zero-order valence-corrected chi connectivity index (χ0v) is 14.9. The van der Waals surface area contributed by atoms with Crippen molar-refractivity contribution in [3.8, 4) is 0 Å². The number of carbonyl (C=O) groups is 2. The topological polar surface area (TPSA) is 83.8 Å². The molecule has 0 unspecified atom stereocenters. The summed E-state index contributed by atoms with van der Waals surface area (Å²) >= 11 is 0. The summed E-state index contributed by atoms with van der Waals surface area (Å²) in [7, 11) is 0. The molecule has 0 spiro atoms. The van der Waals surface area contributed by atoms with Crippen LogP contribution < -0.4 is 0 Å². The van der Waals surface area contributed by atoms with Crippen molar-refractivity contribution in [1.82, 2.24) is 0 Å². The van der Waals surface area contributed by atoms with E-state index in [0.717, 1.165) is 51.4 Å². The van der Waals surface area contributed by atoms with Crippen molar-refractivity contribution in [3.05, 3.63) is 12.2 Å². The lowest BCUT2D eigenvalue weighted by atomic mass is 10.1. The third kappa shape index (κ3) is 20.5. The molecule has 0 aromatic carbocycles. The minimum absolute atomic E-state index is 0.302. The highest BCUT2D eigenvalue weighted by Gasteiger charge is 1.96. The number of aliphatic carboxylic acids is 1. The lowest BCUT2D eigenvalue weighted by Crippen LogP contribution is -2.01. The average molecular weight is 342 g/mol. The molecule has 0 aromatic heterocycles. The zero-order valence-electron chi connectivity index (χ0n) is 14.9. The van der Waals surface area contributed by atoms with Gasteiger partial charge in [-0.25, -0.2) is 4.79 Å². The van der Waals surface area contributed by atoms with E-state index in [1.165, 1.54) is 32.1 Å². The van der Waals surface area contributed by atoms with Crippen LogP contribution in [0.15, 0.2) is 12.2 Å². The Morgan fingerprint density at radius 3 is 1.62 bits per heavy atom. The van der Waals surface area contributed by atoms with Gasteiger partial charge in [-0.3, -0.25) is 4.79 Å². The van der Waals surface area contributed by atoms with Crippen LogP contribution in [0.3, 0.4) is 0 Å². The standard InChI is InChI=1S/C19H34O5/c20-18(21)16-14-12-10-8-6-4-2-1-3-5-7-9-11-13-15-17-24-19(22)23/h1-2H,3-17H2,(H,20,21)(H,22,23). The molecule has 0 rings (SSSR count). The number of rotatable bonds is 17. The van der Waals surface area contributed by atoms with E-state index >= 15 is 0 Å². The smallest absolute Gasteiger partial charge is 0.481 e. The van der Waals surface area contributed by atoms with E-state index in [1.807, 2.05) is 0 Å². The van der Waals surface area contributed by atoms with E-state index in [2.05, 4.69) is 16.9 Å². The number of carboxylic acids is 1. The fourth-order valence-electron chi connectivity index (χ4n) is 2.54. The van der Waals surface area contributed by atoms with Gasteiger partial charge in [-0.05, 0) is 38.5 Å². The maximum Gasteiger partial charge on any atom is 0.505 e. The SMILES string of the molecule is O=C(O)CCCCCCCC=CCCCCCCCCOC(=O)O. The molecule has 0 bridgehead atoms. The first-order valence-electron chi connectivity index (χ1n) is 9.35. The summed E-state index contributed by atoms with van der Waals surface area (Å²) < 4.78 is 4.45. The van der Waals surface area contributed by atoms with Gasteiger partial charge in [0.15, 0.2) is 0 Å². The van der Waals surface area contributed by atoms with E-state index in [9.17, 15) is 9.59 Å². The van der Waals surface area contributed by atoms with E-state index in [1.54, 1.807) is 0 Å². The largest absolute Gasteiger partial charge is 0.505 e. The summed E-state index contributed by atoms with van der Waals surface area (Å²) in [5, 5.41) is 16.8. The molecule has 0 saturated heterocycles. The summed E-state index contributed by atoms with van der Waals surface area (Å²) in [6.07, 6.45) is 17.9. The van der Waals surface area contributed by atoms with Gasteiger partial charge < -0.3 is 14.9 Å². The molecule has 5 nitrogen and oxygen atoms in total. The van der Waals surface area contributed by atoms with Gasteiger partial charge in [-0.2, -0.15) is 0 Å². The van der Waals surface area contributed by atoms with E-state index in [0.29, 0.717) is 13.0 Å². The highest BCUT2D eigenvalue weighted by molar-refractivity contribution is 5.66. The Morgan fingerprint density at radius 2 is 1.12 bits per heavy atom. The molecule has 140 valence electrons. The van der Waals surface area contributed by atoms with Gasteiger partial charge in [0, 0.05) is 6.42 Å². The van der Waals surface area contributed by atoms with E-state index < -0.39 is 12.1 Å². The number of allylic oxidation sites excluding steroid dienone is 2. The van der Waals surface area contributed by atoms with Crippen LogP contribution in [0, 0.1) is 0 Å². The maximum absolute atomic E-state index is 10.3.